The van der Waals surface area contributed by atoms with Crippen molar-refractivity contribution in [3.63, 3.8) is 0 Å². The summed E-state index contributed by atoms with van der Waals surface area (Å²) in [5, 5.41) is 10.8. The van der Waals surface area contributed by atoms with Gasteiger partial charge in [0.15, 0.2) is 0 Å². The lowest BCUT2D eigenvalue weighted by Gasteiger charge is -2.45. The van der Waals surface area contributed by atoms with Crippen molar-refractivity contribution < 1.29 is 5.11 Å². The zero-order valence-corrected chi connectivity index (χ0v) is 11.1. The first-order chi connectivity index (χ1) is 6.85. The van der Waals surface area contributed by atoms with Gasteiger partial charge in [0.1, 0.15) is 0 Å². The van der Waals surface area contributed by atoms with Crippen LogP contribution in [0.15, 0.2) is 0 Å². The van der Waals surface area contributed by atoms with Gasteiger partial charge in [-0.1, -0.05) is 41.0 Å². The van der Waals surface area contributed by atoms with Gasteiger partial charge in [-0.05, 0) is 42.9 Å². The Morgan fingerprint density at radius 3 is 2.27 bits per heavy atom. The summed E-state index contributed by atoms with van der Waals surface area (Å²) in [5.41, 5.74) is -0.389. The van der Waals surface area contributed by atoms with Crippen LogP contribution < -0.4 is 0 Å². The summed E-state index contributed by atoms with van der Waals surface area (Å²) in [6.07, 6.45) is 4.49. The lowest BCUT2D eigenvalue weighted by molar-refractivity contribution is -0.0929. The first-order valence-electron chi connectivity index (χ1n) is 6.57. The van der Waals surface area contributed by atoms with Crippen LogP contribution in [0, 0.1) is 23.7 Å². The Bertz CT molecular complexity index is 194. The van der Waals surface area contributed by atoms with E-state index < -0.39 is 0 Å². The molecule has 0 aliphatic heterocycles. The Kier molecular flexibility index (Phi) is 4.22. The second-order valence-electron chi connectivity index (χ2n) is 6.44. The van der Waals surface area contributed by atoms with Crippen LogP contribution in [0.2, 0.25) is 0 Å². The van der Waals surface area contributed by atoms with Gasteiger partial charge in [-0.25, -0.2) is 0 Å². The summed E-state index contributed by atoms with van der Waals surface area (Å²) in [7, 11) is 0. The van der Waals surface area contributed by atoms with Crippen molar-refractivity contribution >= 4 is 0 Å². The molecule has 1 nitrogen and oxygen atoms in total. The maximum atomic E-state index is 10.8. The first kappa shape index (κ1) is 13.0. The zero-order valence-electron chi connectivity index (χ0n) is 11.1. The third-order valence-corrected chi connectivity index (χ3v) is 3.93. The molecule has 0 heterocycles. The van der Waals surface area contributed by atoms with E-state index in [9.17, 15) is 5.11 Å². The number of aliphatic hydroxyl groups is 1. The van der Waals surface area contributed by atoms with Gasteiger partial charge >= 0.3 is 0 Å². The summed E-state index contributed by atoms with van der Waals surface area (Å²) in [4.78, 5) is 0. The van der Waals surface area contributed by atoms with Crippen LogP contribution in [0.4, 0.5) is 0 Å². The summed E-state index contributed by atoms with van der Waals surface area (Å²) in [5.74, 6) is 2.42. The topological polar surface area (TPSA) is 20.2 Å². The maximum absolute atomic E-state index is 10.8. The minimum atomic E-state index is -0.389. The van der Waals surface area contributed by atoms with Crippen LogP contribution in [0.3, 0.4) is 0 Å². The van der Waals surface area contributed by atoms with Crippen molar-refractivity contribution in [1.29, 1.82) is 0 Å². The van der Waals surface area contributed by atoms with Crippen LogP contribution >= 0.6 is 0 Å². The van der Waals surface area contributed by atoms with E-state index in [0.717, 1.165) is 12.8 Å². The second-order valence-corrected chi connectivity index (χ2v) is 6.44. The molecule has 0 aromatic heterocycles. The van der Waals surface area contributed by atoms with Gasteiger partial charge in [0.05, 0.1) is 5.60 Å². The Labute approximate surface area is 95.3 Å². The van der Waals surface area contributed by atoms with E-state index in [2.05, 4.69) is 34.6 Å². The number of hydrogen-bond acceptors (Lipinski definition) is 1. The molecule has 0 amide bonds. The smallest absolute Gasteiger partial charge is 0.0683 e. The van der Waals surface area contributed by atoms with Gasteiger partial charge in [-0.3, -0.25) is 0 Å². The minimum Gasteiger partial charge on any atom is -0.390 e. The van der Waals surface area contributed by atoms with Crippen molar-refractivity contribution in [2.75, 3.05) is 0 Å². The van der Waals surface area contributed by atoms with E-state index >= 15 is 0 Å². The fourth-order valence-electron chi connectivity index (χ4n) is 3.49. The molecule has 1 N–H and O–H groups in total. The fourth-order valence-corrected chi connectivity index (χ4v) is 3.49. The van der Waals surface area contributed by atoms with Crippen LogP contribution in [-0.2, 0) is 0 Å². The van der Waals surface area contributed by atoms with Crippen molar-refractivity contribution in [2.45, 2.75) is 65.9 Å². The fraction of sp³-hybridized carbons (Fsp3) is 1.00. The first-order valence-corrected chi connectivity index (χ1v) is 6.57. The molecular weight excluding hydrogens is 184 g/mol. The molecule has 0 aromatic carbocycles. The highest BCUT2D eigenvalue weighted by Gasteiger charge is 2.42. The number of hydrogen-bond donors (Lipinski definition) is 1. The lowest BCUT2D eigenvalue weighted by Crippen LogP contribution is -2.46. The minimum absolute atomic E-state index is 0.389. The molecule has 90 valence electrons. The van der Waals surface area contributed by atoms with E-state index in [0.29, 0.717) is 23.7 Å². The molecule has 0 saturated heterocycles. The molecule has 0 radical (unpaired) electrons. The van der Waals surface area contributed by atoms with E-state index in [-0.39, 0.29) is 5.60 Å². The van der Waals surface area contributed by atoms with Gasteiger partial charge in [0.25, 0.3) is 0 Å². The maximum Gasteiger partial charge on any atom is 0.0683 e. The van der Waals surface area contributed by atoms with Crippen LogP contribution in [0.25, 0.3) is 0 Å². The summed E-state index contributed by atoms with van der Waals surface area (Å²) in [6, 6.07) is 0. The molecular formula is C14H28O. The third-order valence-electron chi connectivity index (χ3n) is 3.93. The molecule has 1 aliphatic rings. The highest BCUT2D eigenvalue weighted by Crippen LogP contribution is 2.44. The molecule has 1 rings (SSSR count). The second kappa shape index (κ2) is 4.86. The average molecular weight is 212 g/mol. The van der Waals surface area contributed by atoms with E-state index in [1.807, 2.05) is 0 Å². The summed E-state index contributed by atoms with van der Waals surface area (Å²) >= 11 is 0. The van der Waals surface area contributed by atoms with Gasteiger partial charge in [-0.15, -0.1) is 0 Å². The largest absolute Gasteiger partial charge is 0.390 e. The summed E-state index contributed by atoms with van der Waals surface area (Å²) < 4.78 is 0. The molecule has 0 unspecified atom stereocenters. The van der Waals surface area contributed by atoms with E-state index in [4.69, 9.17) is 0 Å². The third kappa shape index (κ3) is 3.21. The summed E-state index contributed by atoms with van der Waals surface area (Å²) in [6.45, 7) is 11.2. The quantitative estimate of drug-likeness (QED) is 0.753. The Morgan fingerprint density at radius 1 is 1.20 bits per heavy atom. The highest BCUT2D eigenvalue weighted by atomic mass is 16.3. The van der Waals surface area contributed by atoms with Crippen molar-refractivity contribution in [2.24, 2.45) is 23.7 Å². The van der Waals surface area contributed by atoms with Gasteiger partial charge in [-0.2, -0.15) is 0 Å². The molecule has 0 aromatic rings. The Hall–Kier alpha value is -0.0400. The Balaban J connectivity index is 2.76. The molecule has 1 heteroatoms. The zero-order chi connectivity index (χ0) is 11.6. The molecule has 1 fully saturated rings. The van der Waals surface area contributed by atoms with E-state index in [1.54, 1.807) is 0 Å². The van der Waals surface area contributed by atoms with Crippen molar-refractivity contribution in [3.8, 4) is 0 Å². The van der Waals surface area contributed by atoms with Crippen LogP contribution in [-0.4, -0.2) is 10.7 Å². The standard InChI is InChI=1S/C14H28O/c1-10(2)8-14(15)9-12(5)6-7-13(14)11(3)4/h10-13,15H,6-9H2,1-5H3/t12-,13+,14+/m0/s1. The molecule has 1 saturated carbocycles. The van der Waals surface area contributed by atoms with Gasteiger partial charge < -0.3 is 5.11 Å². The van der Waals surface area contributed by atoms with Crippen LogP contribution in [0.1, 0.15) is 60.3 Å². The van der Waals surface area contributed by atoms with Gasteiger partial charge in [0.2, 0.25) is 0 Å². The van der Waals surface area contributed by atoms with Crippen molar-refractivity contribution in [1.82, 2.24) is 0 Å². The molecule has 0 bridgehead atoms. The predicted octanol–water partition coefficient (Wildman–Crippen LogP) is 3.86. The molecule has 3 atom stereocenters. The van der Waals surface area contributed by atoms with Gasteiger partial charge in [0, 0.05) is 0 Å². The molecule has 15 heavy (non-hydrogen) atoms. The molecule has 0 spiro atoms. The average Bonchev–Trinajstić information content (AvgIpc) is 1.99. The Morgan fingerprint density at radius 2 is 1.80 bits per heavy atom. The lowest BCUT2D eigenvalue weighted by atomic mass is 9.64. The molecule has 1 aliphatic carbocycles. The van der Waals surface area contributed by atoms with E-state index in [1.165, 1.54) is 12.8 Å². The van der Waals surface area contributed by atoms with Crippen molar-refractivity contribution in [3.05, 3.63) is 0 Å². The SMILES string of the molecule is CC(C)C[C@@]1(O)C[C@@H](C)CC[C@@H]1C(C)C. The normalized spacial score (nSPS) is 37.6. The monoisotopic (exact) mass is 212 g/mol. The van der Waals surface area contributed by atoms with Crippen LogP contribution in [0.5, 0.6) is 0 Å². The predicted molar refractivity (Wildman–Crippen MR) is 65.7 cm³/mol. The highest BCUT2D eigenvalue weighted by molar-refractivity contribution is 4.93. The number of rotatable bonds is 3.